The van der Waals surface area contributed by atoms with Crippen LogP contribution >= 0.6 is 0 Å². The molecule has 6 nitrogen and oxygen atoms in total. The first-order valence-corrected chi connectivity index (χ1v) is 10.2. The second-order valence-corrected chi connectivity index (χ2v) is 7.88. The third-order valence-electron chi connectivity index (χ3n) is 4.57. The van der Waals surface area contributed by atoms with Crippen molar-refractivity contribution in [1.82, 2.24) is 9.55 Å². The molecular weight excluding hydrogens is 392 g/mol. The van der Waals surface area contributed by atoms with Crippen LogP contribution < -0.4 is 5.56 Å². The molecule has 4 rings (SSSR count). The van der Waals surface area contributed by atoms with Gasteiger partial charge in [-0.15, -0.1) is 0 Å². The molecule has 0 amide bonds. The Morgan fingerprint density at radius 3 is 2.39 bits per heavy atom. The van der Waals surface area contributed by atoms with Crippen LogP contribution in [0.25, 0.3) is 33.1 Å². The van der Waals surface area contributed by atoms with E-state index in [0.717, 1.165) is 11.7 Å². The van der Waals surface area contributed by atoms with Gasteiger partial charge >= 0.3 is 6.09 Å². The summed E-state index contributed by atoms with van der Waals surface area (Å²) in [6, 6.07) is 15.9. The molecule has 0 spiro atoms. The standard InChI is InChI=1S/C23H20N2O4.C2H6/c1-23(2,3)29-22(28)25-19-9-8-14(13-26)10-16(19)12-20(25)17-11-15-6-4-5-7-18(15)24-21(17)27;1-2/h4-13H,1-3H3,(H,24,27);1-2H3. The Labute approximate surface area is 180 Å². The summed E-state index contributed by atoms with van der Waals surface area (Å²) in [7, 11) is 0. The van der Waals surface area contributed by atoms with Crippen LogP contribution in [0.15, 0.2) is 59.4 Å². The number of H-pyrrole nitrogens is 1. The molecule has 0 radical (unpaired) electrons. The monoisotopic (exact) mass is 418 g/mol. The summed E-state index contributed by atoms with van der Waals surface area (Å²) in [5.41, 5.74) is 1.49. The van der Waals surface area contributed by atoms with Crippen molar-refractivity contribution in [3.8, 4) is 11.3 Å². The number of nitrogens with one attached hydrogen (secondary N) is 1. The molecule has 2 aromatic heterocycles. The van der Waals surface area contributed by atoms with E-state index in [4.69, 9.17) is 4.74 Å². The predicted octanol–water partition coefficient (Wildman–Crippen LogP) is 5.77. The molecule has 0 saturated carbocycles. The minimum atomic E-state index is -0.705. The minimum Gasteiger partial charge on any atom is -0.443 e. The van der Waals surface area contributed by atoms with Gasteiger partial charge in [-0.1, -0.05) is 32.0 Å². The third-order valence-corrected chi connectivity index (χ3v) is 4.57. The number of hydrogen-bond donors (Lipinski definition) is 1. The largest absolute Gasteiger partial charge is 0.443 e. The molecule has 31 heavy (non-hydrogen) atoms. The van der Waals surface area contributed by atoms with Gasteiger partial charge in [0.25, 0.3) is 5.56 Å². The first kappa shape index (κ1) is 22.0. The zero-order chi connectivity index (χ0) is 22.8. The number of aromatic nitrogens is 2. The molecule has 0 aliphatic rings. The molecule has 2 aromatic carbocycles. The van der Waals surface area contributed by atoms with Gasteiger partial charge in [0.2, 0.25) is 0 Å². The molecule has 0 bridgehead atoms. The van der Waals surface area contributed by atoms with E-state index in [2.05, 4.69) is 4.98 Å². The number of para-hydroxylation sites is 1. The van der Waals surface area contributed by atoms with Crippen LogP contribution in [0.3, 0.4) is 0 Å². The Bertz CT molecular complexity index is 1320. The van der Waals surface area contributed by atoms with Gasteiger partial charge < -0.3 is 9.72 Å². The van der Waals surface area contributed by atoms with Crippen LogP contribution in [0.1, 0.15) is 45.0 Å². The smallest absolute Gasteiger partial charge is 0.419 e. The number of hydrogen-bond acceptors (Lipinski definition) is 4. The van der Waals surface area contributed by atoms with Crippen LogP contribution in [0, 0.1) is 0 Å². The van der Waals surface area contributed by atoms with Crippen LogP contribution in [0.5, 0.6) is 0 Å². The molecule has 2 heterocycles. The minimum absolute atomic E-state index is 0.313. The van der Waals surface area contributed by atoms with Gasteiger partial charge in [0.1, 0.15) is 11.9 Å². The molecule has 1 N–H and O–H groups in total. The van der Waals surface area contributed by atoms with Gasteiger partial charge in [0, 0.05) is 16.5 Å². The maximum atomic E-state index is 13.0. The van der Waals surface area contributed by atoms with E-state index in [0.29, 0.717) is 33.2 Å². The number of aromatic amines is 1. The number of carbonyl (C=O) groups excluding carboxylic acids is 2. The maximum Gasteiger partial charge on any atom is 0.419 e. The van der Waals surface area contributed by atoms with E-state index in [1.165, 1.54) is 4.57 Å². The van der Waals surface area contributed by atoms with E-state index in [-0.39, 0.29) is 5.56 Å². The van der Waals surface area contributed by atoms with E-state index >= 15 is 0 Å². The van der Waals surface area contributed by atoms with Crippen molar-refractivity contribution in [3.05, 3.63) is 70.5 Å². The zero-order valence-electron chi connectivity index (χ0n) is 18.4. The van der Waals surface area contributed by atoms with Gasteiger partial charge in [-0.2, -0.15) is 0 Å². The first-order chi connectivity index (χ1) is 14.8. The summed E-state index contributed by atoms with van der Waals surface area (Å²) in [5, 5.41) is 1.51. The van der Waals surface area contributed by atoms with Crippen molar-refractivity contribution in [2.45, 2.75) is 40.2 Å². The lowest BCUT2D eigenvalue weighted by atomic mass is 10.1. The number of rotatable bonds is 2. The molecule has 6 heteroatoms. The van der Waals surface area contributed by atoms with E-state index < -0.39 is 11.7 Å². The number of benzene rings is 2. The second kappa shape index (κ2) is 8.60. The van der Waals surface area contributed by atoms with Crippen molar-refractivity contribution in [2.75, 3.05) is 0 Å². The van der Waals surface area contributed by atoms with Crippen LogP contribution in [-0.2, 0) is 4.74 Å². The fraction of sp³-hybridized carbons (Fsp3) is 0.240. The average Bonchev–Trinajstić information content (AvgIpc) is 3.12. The molecule has 0 fully saturated rings. The Morgan fingerprint density at radius 2 is 1.71 bits per heavy atom. The summed E-state index contributed by atoms with van der Waals surface area (Å²) >= 11 is 0. The molecule has 0 aliphatic heterocycles. The van der Waals surface area contributed by atoms with Gasteiger partial charge in [0.15, 0.2) is 0 Å². The van der Waals surface area contributed by atoms with Gasteiger partial charge in [0.05, 0.1) is 16.8 Å². The van der Waals surface area contributed by atoms with Gasteiger partial charge in [-0.3, -0.25) is 9.59 Å². The van der Waals surface area contributed by atoms with Crippen LogP contribution in [0.4, 0.5) is 4.79 Å². The number of nitrogens with zero attached hydrogens (tertiary/aromatic N) is 1. The Balaban J connectivity index is 0.00000132. The summed E-state index contributed by atoms with van der Waals surface area (Å²) in [4.78, 5) is 39.9. The summed E-state index contributed by atoms with van der Waals surface area (Å²) in [6.07, 6.45) is 0.154. The fourth-order valence-corrected chi connectivity index (χ4v) is 3.35. The number of ether oxygens (including phenoxy) is 1. The maximum absolute atomic E-state index is 13.0. The van der Waals surface area contributed by atoms with Crippen LogP contribution in [0.2, 0.25) is 0 Å². The van der Waals surface area contributed by atoms with E-state index in [9.17, 15) is 14.4 Å². The molecule has 4 aromatic rings. The predicted molar refractivity (Wildman–Crippen MR) is 124 cm³/mol. The fourth-order valence-electron chi connectivity index (χ4n) is 3.35. The average molecular weight is 418 g/mol. The number of fused-ring (bicyclic) bond motifs is 2. The number of carbonyl (C=O) groups is 2. The van der Waals surface area contributed by atoms with Gasteiger partial charge in [-0.25, -0.2) is 9.36 Å². The summed E-state index contributed by atoms with van der Waals surface area (Å²) in [5.74, 6) is 0. The Morgan fingerprint density at radius 1 is 1.00 bits per heavy atom. The first-order valence-electron chi connectivity index (χ1n) is 10.2. The summed E-state index contributed by atoms with van der Waals surface area (Å²) < 4.78 is 6.96. The molecule has 160 valence electrons. The van der Waals surface area contributed by atoms with Gasteiger partial charge in [-0.05, 0) is 62.6 Å². The quantitative estimate of drug-likeness (QED) is 0.419. The zero-order valence-corrected chi connectivity index (χ0v) is 18.4. The number of aldehydes is 1. The number of pyridine rings is 1. The SMILES string of the molecule is CC.CC(C)(C)OC(=O)n1c(-c2cc3ccccc3[nH]c2=O)cc2cc(C=O)ccc21. The Kier molecular flexibility index (Phi) is 6.11. The van der Waals surface area contributed by atoms with Crippen LogP contribution in [-0.4, -0.2) is 27.5 Å². The normalized spacial score (nSPS) is 11.1. The lowest BCUT2D eigenvalue weighted by Gasteiger charge is -2.21. The van der Waals surface area contributed by atoms with Crippen molar-refractivity contribution in [3.63, 3.8) is 0 Å². The highest BCUT2D eigenvalue weighted by Crippen LogP contribution is 2.29. The lowest BCUT2D eigenvalue weighted by molar-refractivity contribution is 0.0547. The van der Waals surface area contributed by atoms with Crippen molar-refractivity contribution in [1.29, 1.82) is 0 Å². The van der Waals surface area contributed by atoms with E-state index in [1.807, 2.05) is 38.1 Å². The third kappa shape index (κ3) is 4.43. The molecule has 0 aliphatic carbocycles. The molecular formula is C25H26N2O4. The molecule has 0 unspecified atom stereocenters. The molecule has 0 atom stereocenters. The van der Waals surface area contributed by atoms with E-state index in [1.54, 1.807) is 51.1 Å². The lowest BCUT2D eigenvalue weighted by Crippen LogP contribution is -2.28. The highest BCUT2D eigenvalue weighted by Gasteiger charge is 2.24. The topological polar surface area (TPSA) is 81.2 Å². The molecule has 0 saturated heterocycles. The second-order valence-electron chi connectivity index (χ2n) is 7.88. The van der Waals surface area contributed by atoms with Crippen molar-refractivity contribution in [2.24, 2.45) is 0 Å². The summed E-state index contributed by atoms with van der Waals surface area (Å²) in [6.45, 7) is 9.34. The van der Waals surface area contributed by atoms with Crippen molar-refractivity contribution >= 4 is 34.2 Å². The Hall–Kier alpha value is -3.67. The highest BCUT2D eigenvalue weighted by molar-refractivity contribution is 5.99. The van der Waals surface area contributed by atoms with Crippen molar-refractivity contribution < 1.29 is 14.3 Å². The highest BCUT2D eigenvalue weighted by atomic mass is 16.6.